The SMILES string of the molecule is Cc1ncncc1C(=O)NCc1ccn2nc(-c3ccccn3)c(C)c2c1. The van der Waals surface area contributed by atoms with E-state index in [-0.39, 0.29) is 5.91 Å². The molecular weight excluding hydrogens is 340 g/mol. The zero-order chi connectivity index (χ0) is 18.8. The van der Waals surface area contributed by atoms with Crippen molar-refractivity contribution in [3.63, 3.8) is 0 Å². The first-order valence-electron chi connectivity index (χ1n) is 8.57. The number of aromatic nitrogens is 5. The summed E-state index contributed by atoms with van der Waals surface area (Å²) >= 11 is 0. The van der Waals surface area contributed by atoms with Gasteiger partial charge in [-0.25, -0.2) is 14.5 Å². The molecule has 0 bridgehead atoms. The minimum atomic E-state index is -0.188. The van der Waals surface area contributed by atoms with Crippen molar-refractivity contribution in [2.24, 2.45) is 0 Å². The highest BCUT2D eigenvalue weighted by molar-refractivity contribution is 5.94. The van der Waals surface area contributed by atoms with Crippen LogP contribution in [-0.2, 0) is 6.54 Å². The first kappa shape index (κ1) is 16.8. The lowest BCUT2D eigenvalue weighted by Crippen LogP contribution is -2.24. The number of nitrogens with zero attached hydrogens (tertiary/aromatic N) is 5. The fourth-order valence-electron chi connectivity index (χ4n) is 2.96. The average molecular weight is 358 g/mol. The number of carbonyl (C=O) groups is 1. The van der Waals surface area contributed by atoms with Gasteiger partial charge in [0.2, 0.25) is 0 Å². The number of nitrogens with one attached hydrogen (secondary N) is 1. The number of rotatable bonds is 4. The summed E-state index contributed by atoms with van der Waals surface area (Å²) in [4.78, 5) is 24.7. The summed E-state index contributed by atoms with van der Waals surface area (Å²) < 4.78 is 1.83. The van der Waals surface area contributed by atoms with E-state index in [0.29, 0.717) is 17.8 Å². The molecule has 0 saturated carbocycles. The summed E-state index contributed by atoms with van der Waals surface area (Å²) in [5, 5.41) is 7.55. The molecule has 0 saturated heterocycles. The van der Waals surface area contributed by atoms with E-state index in [4.69, 9.17) is 0 Å². The maximum atomic E-state index is 12.3. The van der Waals surface area contributed by atoms with Crippen LogP contribution in [0.15, 0.2) is 55.2 Å². The van der Waals surface area contributed by atoms with Crippen LogP contribution in [-0.4, -0.2) is 30.5 Å². The van der Waals surface area contributed by atoms with Crippen LogP contribution in [0.3, 0.4) is 0 Å². The summed E-state index contributed by atoms with van der Waals surface area (Å²) in [7, 11) is 0. The van der Waals surface area contributed by atoms with Gasteiger partial charge in [0.15, 0.2) is 0 Å². The second-order valence-electron chi connectivity index (χ2n) is 6.26. The highest BCUT2D eigenvalue weighted by atomic mass is 16.1. The van der Waals surface area contributed by atoms with Crippen molar-refractivity contribution in [3.8, 4) is 11.4 Å². The summed E-state index contributed by atoms with van der Waals surface area (Å²) in [5.74, 6) is -0.188. The molecule has 0 aliphatic rings. The second kappa shape index (κ2) is 6.95. The minimum Gasteiger partial charge on any atom is -0.348 e. The predicted octanol–water partition coefficient (Wildman–Crippen LogP) is 2.73. The number of hydrogen-bond acceptors (Lipinski definition) is 5. The van der Waals surface area contributed by atoms with E-state index in [2.05, 4.69) is 25.4 Å². The molecule has 0 aromatic carbocycles. The molecule has 1 amide bonds. The maximum absolute atomic E-state index is 12.3. The fraction of sp³-hybridized carbons (Fsp3) is 0.150. The van der Waals surface area contributed by atoms with Gasteiger partial charge in [-0.1, -0.05) is 6.07 Å². The molecule has 1 N–H and O–H groups in total. The Bertz CT molecular complexity index is 1120. The lowest BCUT2D eigenvalue weighted by atomic mass is 10.1. The zero-order valence-electron chi connectivity index (χ0n) is 15.0. The van der Waals surface area contributed by atoms with Gasteiger partial charge in [-0.05, 0) is 43.7 Å². The van der Waals surface area contributed by atoms with Crippen LogP contribution < -0.4 is 5.32 Å². The Morgan fingerprint density at radius 1 is 1.19 bits per heavy atom. The Kier molecular flexibility index (Phi) is 4.33. The highest BCUT2D eigenvalue weighted by Gasteiger charge is 2.13. The van der Waals surface area contributed by atoms with Crippen LogP contribution in [0.4, 0.5) is 0 Å². The predicted molar refractivity (Wildman–Crippen MR) is 101 cm³/mol. The zero-order valence-corrected chi connectivity index (χ0v) is 15.0. The maximum Gasteiger partial charge on any atom is 0.254 e. The molecule has 7 nitrogen and oxygen atoms in total. The smallest absolute Gasteiger partial charge is 0.254 e. The highest BCUT2D eigenvalue weighted by Crippen LogP contribution is 2.24. The van der Waals surface area contributed by atoms with E-state index < -0.39 is 0 Å². The largest absolute Gasteiger partial charge is 0.348 e. The van der Waals surface area contributed by atoms with E-state index in [9.17, 15) is 4.79 Å². The second-order valence-corrected chi connectivity index (χ2v) is 6.26. The molecule has 0 radical (unpaired) electrons. The Hall–Kier alpha value is -3.61. The summed E-state index contributed by atoms with van der Waals surface area (Å²) in [6.45, 7) is 4.23. The molecule has 0 atom stereocenters. The van der Waals surface area contributed by atoms with Gasteiger partial charge in [-0.15, -0.1) is 0 Å². The van der Waals surface area contributed by atoms with Crippen LogP contribution in [0.1, 0.15) is 27.2 Å². The van der Waals surface area contributed by atoms with Gasteiger partial charge in [0.1, 0.15) is 12.0 Å². The van der Waals surface area contributed by atoms with Crippen LogP contribution in [0.25, 0.3) is 16.9 Å². The summed E-state index contributed by atoms with van der Waals surface area (Å²) in [6.07, 6.45) is 6.62. The monoisotopic (exact) mass is 358 g/mol. The van der Waals surface area contributed by atoms with E-state index in [0.717, 1.165) is 28.0 Å². The Balaban J connectivity index is 1.58. The van der Waals surface area contributed by atoms with Crippen molar-refractivity contribution in [2.75, 3.05) is 0 Å². The summed E-state index contributed by atoms with van der Waals surface area (Å²) in [6, 6.07) is 9.75. The van der Waals surface area contributed by atoms with Gasteiger partial charge in [0, 0.05) is 30.7 Å². The molecule has 0 fully saturated rings. The third-order valence-electron chi connectivity index (χ3n) is 4.46. The Labute approximate surface area is 156 Å². The molecule has 7 heteroatoms. The minimum absolute atomic E-state index is 0.188. The first-order valence-corrected chi connectivity index (χ1v) is 8.57. The molecule has 0 aliphatic heterocycles. The van der Waals surface area contributed by atoms with Gasteiger partial charge in [-0.2, -0.15) is 5.10 Å². The number of pyridine rings is 2. The lowest BCUT2D eigenvalue weighted by molar-refractivity contribution is 0.0949. The van der Waals surface area contributed by atoms with Crippen molar-refractivity contribution < 1.29 is 4.79 Å². The van der Waals surface area contributed by atoms with Crippen molar-refractivity contribution >= 4 is 11.4 Å². The van der Waals surface area contributed by atoms with Crippen molar-refractivity contribution in [2.45, 2.75) is 20.4 Å². The van der Waals surface area contributed by atoms with Gasteiger partial charge in [0.25, 0.3) is 5.91 Å². The van der Waals surface area contributed by atoms with Gasteiger partial charge in [0.05, 0.1) is 22.5 Å². The average Bonchev–Trinajstić information content (AvgIpc) is 3.03. The quantitative estimate of drug-likeness (QED) is 0.606. The van der Waals surface area contributed by atoms with E-state index in [1.54, 1.807) is 13.1 Å². The van der Waals surface area contributed by atoms with Crippen molar-refractivity contribution in [1.29, 1.82) is 0 Å². The number of hydrogen-bond donors (Lipinski definition) is 1. The normalized spacial score (nSPS) is 10.9. The Morgan fingerprint density at radius 2 is 2.07 bits per heavy atom. The fourth-order valence-corrected chi connectivity index (χ4v) is 2.96. The van der Waals surface area contributed by atoms with Crippen molar-refractivity contribution in [3.05, 3.63) is 77.6 Å². The van der Waals surface area contributed by atoms with E-state index in [1.165, 1.54) is 12.5 Å². The van der Waals surface area contributed by atoms with Crippen molar-refractivity contribution in [1.82, 2.24) is 29.9 Å². The molecule has 4 aromatic rings. The Morgan fingerprint density at radius 3 is 2.85 bits per heavy atom. The van der Waals surface area contributed by atoms with Crippen LogP contribution in [0.5, 0.6) is 0 Å². The summed E-state index contributed by atoms with van der Waals surface area (Å²) in [5.41, 5.74) is 5.86. The topological polar surface area (TPSA) is 85.1 Å². The standard InChI is InChI=1S/C20H18N6O/c1-13-18-9-15(10-23-20(27)16-11-21-12-24-14(16)2)6-8-26(18)25-19(13)17-5-3-4-7-22-17/h3-9,11-12H,10H2,1-2H3,(H,23,27). The lowest BCUT2D eigenvalue weighted by Gasteiger charge is -2.07. The van der Waals surface area contributed by atoms with Gasteiger partial charge < -0.3 is 5.32 Å². The molecule has 0 unspecified atom stereocenters. The molecule has 0 spiro atoms. The molecule has 4 aromatic heterocycles. The number of amides is 1. The van der Waals surface area contributed by atoms with Gasteiger partial charge >= 0.3 is 0 Å². The van der Waals surface area contributed by atoms with Crippen LogP contribution in [0.2, 0.25) is 0 Å². The molecule has 4 heterocycles. The molecule has 134 valence electrons. The van der Waals surface area contributed by atoms with Gasteiger partial charge in [-0.3, -0.25) is 9.78 Å². The van der Waals surface area contributed by atoms with E-state index in [1.807, 2.05) is 48.0 Å². The molecule has 27 heavy (non-hydrogen) atoms. The third-order valence-corrected chi connectivity index (χ3v) is 4.46. The molecule has 4 rings (SSSR count). The number of fused-ring (bicyclic) bond motifs is 1. The van der Waals surface area contributed by atoms with Crippen LogP contribution in [0, 0.1) is 13.8 Å². The number of aryl methyl sites for hydroxylation is 2. The molecular formula is C20H18N6O. The molecule has 0 aliphatic carbocycles. The third kappa shape index (κ3) is 3.27. The van der Waals surface area contributed by atoms with E-state index >= 15 is 0 Å². The van der Waals surface area contributed by atoms with Crippen LogP contribution >= 0.6 is 0 Å². The number of carbonyl (C=O) groups excluding carboxylic acids is 1. The first-order chi connectivity index (χ1) is 13.1.